The highest BCUT2D eigenvalue weighted by Crippen LogP contribution is 2.28. The summed E-state index contributed by atoms with van der Waals surface area (Å²) in [6, 6.07) is 0. The maximum absolute atomic E-state index is 2.17. The molecule has 0 saturated heterocycles. The van der Waals surface area contributed by atoms with Crippen molar-refractivity contribution in [3.8, 4) is 0 Å². The third kappa shape index (κ3) is 4.31. The second-order valence-electron chi connectivity index (χ2n) is 3.21. The van der Waals surface area contributed by atoms with Crippen LogP contribution in [0.5, 0.6) is 0 Å². The minimum Gasteiger partial charge on any atom is -0.0997 e. The van der Waals surface area contributed by atoms with E-state index in [0.717, 1.165) is 0 Å². The second kappa shape index (κ2) is 4.66. The van der Waals surface area contributed by atoms with Crippen LogP contribution in [-0.4, -0.2) is 0 Å². The van der Waals surface area contributed by atoms with E-state index in [2.05, 4.69) is 41.5 Å². The number of rotatable bonds is 2. The van der Waals surface area contributed by atoms with Crippen molar-refractivity contribution >= 4 is 11.8 Å². The van der Waals surface area contributed by atoms with Gasteiger partial charge in [-0.1, -0.05) is 22.9 Å². The molecule has 0 unspecified atom stereocenters. The largest absolute Gasteiger partial charge is 0.0997 e. The highest BCUT2D eigenvalue weighted by molar-refractivity contribution is 8.06. The van der Waals surface area contributed by atoms with Crippen LogP contribution >= 0.6 is 11.8 Å². The Morgan fingerprint density at radius 2 is 0.909 bits per heavy atom. The molecule has 11 heavy (non-hydrogen) atoms. The quantitative estimate of drug-likeness (QED) is 0.594. The third-order valence-electron chi connectivity index (χ3n) is 1.71. The van der Waals surface area contributed by atoms with Crippen molar-refractivity contribution in [2.24, 2.45) is 0 Å². The third-order valence-corrected chi connectivity index (χ3v) is 3.14. The molecule has 0 bridgehead atoms. The topological polar surface area (TPSA) is 0 Å². The zero-order chi connectivity index (χ0) is 9.02. The van der Waals surface area contributed by atoms with Gasteiger partial charge in [-0.3, -0.25) is 0 Å². The minimum atomic E-state index is 1.41. The smallest absolute Gasteiger partial charge is 0.0150 e. The molecule has 0 aliphatic carbocycles. The Kier molecular flexibility index (Phi) is 4.58. The van der Waals surface area contributed by atoms with E-state index in [0.29, 0.717) is 0 Å². The van der Waals surface area contributed by atoms with Gasteiger partial charge in [0.25, 0.3) is 0 Å². The molecule has 0 aliphatic rings. The normalized spacial score (nSPS) is 9.27. The van der Waals surface area contributed by atoms with Gasteiger partial charge in [-0.05, 0) is 51.4 Å². The van der Waals surface area contributed by atoms with Crippen molar-refractivity contribution in [2.75, 3.05) is 0 Å². The first-order valence-corrected chi connectivity index (χ1v) is 4.72. The molecular formula is C10H18S. The Balaban J connectivity index is 4.30. The Labute approximate surface area is 74.8 Å². The van der Waals surface area contributed by atoms with E-state index in [9.17, 15) is 0 Å². The van der Waals surface area contributed by atoms with Crippen LogP contribution in [0, 0.1) is 0 Å². The Morgan fingerprint density at radius 1 is 0.636 bits per heavy atom. The highest BCUT2D eigenvalue weighted by atomic mass is 32.2. The van der Waals surface area contributed by atoms with Gasteiger partial charge in [0.1, 0.15) is 0 Å². The minimum absolute atomic E-state index is 1.41. The summed E-state index contributed by atoms with van der Waals surface area (Å²) in [5.41, 5.74) is 2.83. The summed E-state index contributed by atoms with van der Waals surface area (Å²) in [6.45, 7) is 13.0. The van der Waals surface area contributed by atoms with Crippen molar-refractivity contribution in [1.29, 1.82) is 0 Å². The number of hydrogen-bond acceptors (Lipinski definition) is 1. The van der Waals surface area contributed by atoms with Crippen molar-refractivity contribution in [1.82, 2.24) is 0 Å². The molecule has 0 radical (unpaired) electrons. The van der Waals surface area contributed by atoms with E-state index in [1.165, 1.54) is 21.0 Å². The summed E-state index contributed by atoms with van der Waals surface area (Å²) >= 11 is 1.87. The van der Waals surface area contributed by atoms with Gasteiger partial charge in [-0.2, -0.15) is 0 Å². The first-order chi connectivity index (χ1) is 4.95. The molecule has 0 aromatic rings. The molecule has 0 rings (SSSR count). The SMILES string of the molecule is CC(C)=C(C)SC(C)=C(C)C. The van der Waals surface area contributed by atoms with Gasteiger partial charge in [0.15, 0.2) is 0 Å². The molecule has 0 nitrogen and oxygen atoms in total. The summed E-state index contributed by atoms with van der Waals surface area (Å²) in [4.78, 5) is 2.84. The monoisotopic (exact) mass is 170 g/mol. The molecule has 0 aliphatic heterocycles. The molecule has 0 saturated carbocycles. The molecule has 0 fully saturated rings. The fraction of sp³-hybridized carbons (Fsp3) is 0.600. The van der Waals surface area contributed by atoms with Gasteiger partial charge in [-0.15, -0.1) is 0 Å². The number of thioether (sulfide) groups is 1. The van der Waals surface area contributed by atoms with Gasteiger partial charge in [0, 0.05) is 0 Å². The summed E-state index contributed by atoms with van der Waals surface area (Å²) in [6.07, 6.45) is 0. The van der Waals surface area contributed by atoms with E-state index in [-0.39, 0.29) is 0 Å². The van der Waals surface area contributed by atoms with Crippen LogP contribution in [0.25, 0.3) is 0 Å². The zero-order valence-corrected chi connectivity index (χ0v) is 9.22. The van der Waals surface area contributed by atoms with E-state index < -0.39 is 0 Å². The lowest BCUT2D eigenvalue weighted by Crippen LogP contribution is -1.77. The second-order valence-corrected chi connectivity index (χ2v) is 4.64. The van der Waals surface area contributed by atoms with Crippen molar-refractivity contribution in [3.05, 3.63) is 21.0 Å². The molecule has 0 spiro atoms. The van der Waals surface area contributed by atoms with Gasteiger partial charge >= 0.3 is 0 Å². The lowest BCUT2D eigenvalue weighted by atomic mass is 10.3. The fourth-order valence-electron chi connectivity index (χ4n) is 0.434. The van der Waals surface area contributed by atoms with Gasteiger partial charge in [0.05, 0.1) is 0 Å². The van der Waals surface area contributed by atoms with Crippen LogP contribution in [-0.2, 0) is 0 Å². The maximum atomic E-state index is 2.17. The van der Waals surface area contributed by atoms with Crippen LogP contribution in [0.3, 0.4) is 0 Å². The lowest BCUT2D eigenvalue weighted by molar-refractivity contribution is 1.33. The van der Waals surface area contributed by atoms with E-state index in [1.807, 2.05) is 11.8 Å². The fourth-order valence-corrected chi connectivity index (χ4v) is 1.30. The average Bonchev–Trinajstić information content (AvgIpc) is 1.87. The Bertz CT molecular complexity index is 167. The van der Waals surface area contributed by atoms with Gasteiger partial charge in [-0.25, -0.2) is 0 Å². The molecule has 1 heteroatoms. The molecule has 0 amide bonds. The highest BCUT2D eigenvalue weighted by Gasteiger charge is 1.96. The summed E-state index contributed by atoms with van der Waals surface area (Å²) in [5, 5.41) is 0. The zero-order valence-electron chi connectivity index (χ0n) is 8.41. The summed E-state index contributed by atoms with van der Waals surface area (Å²) in [7, 11) is 0. The lowest BCUT2D eigenvalue weighted by Gasteiger charge is -2.05. The number of hydrogen-bond donors (Lipinski definition) is 0. The van der Waals surface area contributed by atoms with Crippen LogP contribution in [0.1, 0.15) is 41.5 Å². The molecule has 0 atom stereocenters. The summed E-state index contributed by atoms with van der Waals surface area (Å²) in [5.74, 6) is 0. The Hall–Kier alpha value is -0.170. The van der Waals surface area contributed by atoms with Gasteiger partial charge in [0.2, 0.25) is 0 Å². The first kappa shape index (κ1) is 10.8. The number of allylic oxidation sites excluding steroid dienone is 4. The molecule has 0 aromatic heterocycles. The van der Waals surface area contributed by atoms with Crippen LogP contribution in [0.4, 0.5) is 0 Å². The molecule has 0 aromatic carbocycles. The van der Waals surface area contributed by atoms with Crippen LogP contribution < -0.4 is 0 Å². The van der Waals surface area contributed by atoms with Crippen LogP contribution in [0.2, 0.25) is 0 Å². The van der Waals surface area contributed by atoms with E-state index in [1.54, 1.807) is 0 Å². The Morgan fingerprint density at radius 3 is 1.09 bits per heavy atom. The predicted molar refractivity (Wildman–Crippen MR) is 55.7 cm³/mol. The molecule has 0 heterocycles. The van der Waals surface area contributed by atoms with Crippen LogP contribution in [0.15, 0.2) is 21.0 Å². The van der Waals surface area contributed by atoms with E-state index >= 15 is 0 Å². The van der Waals surface area contributed by atoms with E-state index in [4.69, 9.17) is 0 Å². The molecule has 0 N–H and O–H groups in total. The predicted octanol–water partition coefficient (Wildman–Crippen LogP) is 4.35. The molecule has 64 valence electrons. The average molecular weight is 170 g/mol. The van der Waals surface area contributed by atoms with Gasteiger partial charge < -0.3 is 0 Å². The summed E-state index contributed by atoms with van der Waals surface area (Å²) < 4.78 is 0. The standard InChI is InChI=1S/C10H18S/c1-7(2)9(5)11-10(6)8(3)4/h1-6H3. The maximum Gasteiger partial charge on any atom is -0.0150 e. The molecular weight excluding hydrogens is 152 g/mol. The van der Waals surface area contributed by atoms with Crippen molar-refractivity contribution in [3.63, 3.8) is 0 Å². The van der Waals surface area contributed by atoms with Crippen molar-refractivity contribution in [2.45, 2.75) is 41.5 Å². The van der Waals surface area contributed by atoms with Crippen molar-refractivity contribution < 1.29 is 0 Å². The first-order valence-electron chi connectivity index (χ1n) is 3.91.